The first-order chi connectivity index (χ1) is 9.25. The van der Waals surface area contributed by atoms with Crippen LogP contribution in [-0.4, -0.2) is 36.1 Å². The van der Waals surface area contributed by atoms with E-state index in [0.29, 0.717) is 0 Å². The second kappa shape index (κ2) is 4.92. The molecular formula is C14H20N2O4. The van der Waals surface area contributed by atoms with Gasteiger partial charge in [0.1, 0.15) is 0 Å². The topological polar surface area (TPSA) is 75.7 Å². The van der Waals surface area contributed by atoms with E-state index in [4.69, 9.17) is 4.74 Å². The van der Waals surface area contributed by atoms with Gasteiger partial charge in [-0.1, -0.05) is 25.5 Å². The Labute approximate surface area is 118 Å². The summed E-state index contributed by atoms with van der Waals surface area (Å²) in [6.07, 6.45) is 2.07. The molecule has 1 saturated heterocycles. The van der Waals surface area contributed by atoms with Crippen molar-refractivity contribution < 1.29 is 19.1 Å². The number of amides is 3. The van der Waals surface area contributed by atoms with Gasteiger partial charge in [-0.05, 0) is 25.2 Å². The molecule has 0 aromatic rings. The Morgan fingerprint density at radius 2 is 2.10 bits per heavy atom. The predicted octanol–water partition coefficient (Wildman–Crippen LogP) is 1.28. The predicted molar refractivity (Wildman–Crippen MR) is 71.4 cm³/mol. The van der Waals surface area contributed by atoms with Gasteiger partial charge < -0.3 is 10.1 Å². The fourth-order valence-corrected chi connectivity index (χ4v) is 2.60. The third-order valence-electron chi connectivity index (χ3n) is 3.95. The van der Waals surface area contributed by atoms with Gasteiger partial charge in [0, 0.05) is 0 Å². The minimum Gasteiger partial charge on any atom is -0.443 e. The summed E-state index contributed by atoms with van der Waals surface area (Å²) in [4.78, 5) is 35.6. The van der Waals surface area contributed by atoms with Crippen LogP contribution >= 0.6 is 0 Å². The maximum Gasteiger partial charge on any atom is 0.327 e. The van der Waals surface area contributed by atoms with Crippen LogP contribution in [0.2, 0.25) is 0 Å². The van der Waals surface area contributed by atoms with Gasteiger partial charge in [-0.3, -0.25) is 9.59 Å². The molecule has 1 heterocycles. The summed E-state index contributed by atoms with van der Waals surface area (Å²) in [5.74, 6) is -0.787. The largest absolute Gasteiger partial charge is 0.443 e. The molecule has 2 rings (SSSR count). The quantitative estimate of drug-likeness (QED) is 0.478. The first kappa shape index (κ1) is 14.6. The average molecular weight is 280 g/mol. The molecule has 0 aromatic carbocycles. The minimum absolute atomic E-state index is 0.0360. The summed E-state index contributed by atoms with van der Waals surface area (Å²) in [7, 11) is 0. The Hall–Kier alpha value is -1.85. The van der Waals surface area contributed by atoms with Crippen LogP contribution in [0, 0.1) is 17.3 Å². The molecule has 1 aliphatic heterocycles. The van der Waals surface area contributed by atoms with E-state index in [9.17, 15) is 14.4 Å². The summed E-state index contributed by atoms with van der Waals surface area (Å²) in [5, 5.41) is 2.38. The number of ether oxygens (including phenoxy) is 1. The lowest BCUT2D eigenvalue weighted by Gasteiger charge is -2.12. The molecule has 0 bridgehead atoms. The van der Waals surface area contributed by atoms with E-state index < -0.39 is 6.03 Å². The SMILES string of the molecule is CC(C)=C[C@@H]1[C@@H](C(=O)OCN2C(=O)CNC2=O)C1(C)C. The van der Waals surface area contributed by atoms with E-state index >= 15 is 0 Å². The third kappa shape index (κ3) is 2.55. The molecule has 1 aliphatic carbocycles. The van der Waals surface area contributed by atoms with Gasteiger partial charge in [0.2, 0.25) is 0 Å². The highest BCUT2D eigenvalue weighted by Crippen LogP contribution is 2.59. The Kier molecular flexibility index (Phi) is 3.58. The van der Waals surface area contributed by atoms with E-state index in [1.165, 1.54) is 0 Å². The average Bonchev–Trinajstić information content (AvgIpc) is 2.69. The number of carbonyl (C=O) groups is 3. The molecule has 0 unspecified atom stereocenters. The Bertz CT molecular complexity index is 475. The normalized spacial score (nSPS) is 27.1. The Morgan fingerprint density at radius 1 is 1.45 bits per heavy atom. The lowest BCUT2D eigenvalue weighted by atomic mass is 10.1. The zero-order valence-corrected chi connectivity index (χ0v) is 12.2. The second-order valence-corrected chi connectivity index (χ2v) is 6.14. The van der Waals surface area contributed by atoms with E-state index in [-0.39, 0.29) is 42.4 Å². The maximum absolute atomic E-state index is 12.1. The zero-order valence-electron chi connectivity index (χ0n) is 12.2. The second-order valence-electron chi connectivity index (χ2n) is 6.14. The van der Waals surface area contributed by atoms with E-state index in [1.807, 2.05) is 27.7 Å². The number of esters is 1. The lowest BCUT2D eigenvalue weighted by molar-refractivity contribution is -0.151. The van der Waals surface area contributed by atoms with Crippen molar-refractivity contribution in [1.82, 2.24) is 10.2 Å². The smallest absolute Gasteiger partial charge is 0.327 e. The van der Waals surface area contributed by atoms with Crippen LogP contribution in [0.3, 0.4) is 0 Å². The maximum atomic E-state index is 12.1. The molecule has 1 N–H and O–H groups in total. The number of nitrogens with zero attached hydrogens (tertiary/aromatic N) is 1. The van der Waals surface area contributed by atoms with Gasteiger partial charge in [-0.25, -0.2) is 9.69 Å². The van der Waals surface area contributed by atoms with Crippen molar-refractivity contribution in [3.63, 3.8) is 0 Å². The number of hydrogen-bond acceptors (Lipinski definition) is 4. The van der Waals surface area contributed by atoms with Crippen molar-refractivity contribution in [2.45, 2.75) is 27.7 Å². The first-order valence-corrected chi connectivity index (χ1v) is 6.65. The molecule has 0 aromatic heterocycles. The molecule has 6 heteroatoms. The lowest BCUT2D eigenvalue weighted by Crippen LogP contribution is -2.34. The number of hydrogen-bond donors (Lipinski definition) is 1. The zero-order chi connectivity index (χ0) is 15.1. The van der Waals surface area contributed by atoms with Crippen molar-refractivity contribution in [1.29, 1.82) is 0 Å². The van der Waals surface area contributed by atoms with Gasteiger partial charge in [-0.2, -0.15) is 0 Å². The van der Waals surface area contributed by atoms with Crippen molar-refractivity contribution in [2.24, 2.45) is 17.3 Å². The van der Waals surface area contributed by atoms with Gasteiger partial charge in [0.15, 0.2) is 6.73 Å². The summed E-state index contributed by atoms with van der Waals surface area (Å²) in [6, 6.07) is -0.515. The summed E-state index contributed by atoms with van der Waals surface area (Å²) in [6.45, 7) is 7.66. The van der Waals surface area contributed by atoms with Crippen molar-refractivity contribution >= 4 is 17.9 Å². The first-order valence-electron chi connectivity index (χ1n) is 6.65. The highest BCUT2D eigenvalue weighted by atomic mass is 16.5. The Morgan fingerprint density at radius 3 is 2.60 bits per heavy atom. The fraction of sp³-hybridized carbons (Fsp3) is 0.643. The molecular weight excluding hydrogens is 260 g/mol. The van der Waals surface area contributed by atoms with Crippen LogP contribution in [0.5, 0.6) is 0 Å². The molecule has 0 radical (unpaired) electrons. The van der Waals surface area contributed by atoms with E-state index in [2.05, 4.69) is 11.4 Å². The number of allylic oxidation sites excluding steroid dienone is 2. The molecule has 3 amide bonds. The molecule has 0 spiro atoms. The van der Waals surface area contributed by atoms with E-state index in [1.54, 1.807) is 0 Å². The van der Waals surface area contributed by atoms with Gasteiger partial charge >= 0.3 is 12.0 Å². The standard InChI is InChI=1S/C14H20N2O4/c1-8(2)5-9-11(14(9,3)4)12(18)20-7-16-10(17)6-15-13(16)19/h5,9,11H,6-7H2,1-4H3,(H,15,19)/t9-,11+/m1/s1. The van der Waals surface area contributed by atoms with Crippen LogP contribution in [0.4, 0.5) is 4.79 Å². The number of imide groups is 1. The molecule has 2 aliphatic rings. The van der Waals surface area contributed by atoms with Gasteiger partial charge in [0.25, 0.3) is 5.91 Å². The van der Waals surface area contributed by atoms with Crippen LogP contribution in [0.1, 0.15) is 27.7 Å². The fourth-order valence-electron chi connectivity index (χ4n) is 2.60. The van der Waals surface area contributed by atoms with Crippen LogP contribution in [0.15, 0.2) is 11.6 Å². The van der Waals surface area contributed by atoms with Crippen molar-refractivity contribution in [3.8, 4) is 0 Å². The van der Waals surface area contributed by atoms with Crippen molar-refractivity contribution in [2.75, 3.05) is 13.3 Å². The minimum atomic E-state index is -0.515. The Balaban J connectivity index is 1.92. The van der Waals surface area contributed by atoms with Crippen LogP contribution < -0.4 is 5.32 Å². The highest BCUT2D eigenvalue weighted by Gasteiger charge is 2.61. The third-order valence-corrected chi connectivity index (χ3v) is 3.95. The number of rotatable bonds is 4. The number of carbonyl (C=O) groups excluding carboxylic acids is 3. The van der Waals surface area contributed by atoms with Crippen LogP contribution in [-0.2, 0) is 14.3 Å². The summed E-state index contributed by atoms with van der Waals surface area (Å²) < 4.78 is 5.11. The van der Waals surface area contributed by atoms with Gasteiger partial charge in [0.05, 0.1) is 12.5 Å². The summed E-state index contributed by atoms with van der Waals surface area (Å²) in [5.41, 5.74) is 1.03. The molecule has 110 valence electrons. The molecule has 2 atom stereocenters. The highest BCUT2D eigenvalue weighted by molar-refractivity contribution is 6.01. The van der Waals surface area contributed by atoms with Gasteiger partial charge in [-0.15, -0.1) is 0 Å². The van der Waals surface area contributed by atoms with Crippen molar-refractivity contribution in [3.05, 3.63) is 11.6 Å². The molecule has 1 saturated carbocycles. The van der Waals surface area contributed by atoms with Crippen LogP contribution in [0.25, 0.3) is 0 Å². The number of urea groups is 1. The molecule has 20 heavy (non-hydrogen) atoms. The van der Waals surface area contributed by atoms with E-state index in [0.717, 1.165) is 10.5 Å². The molecule has 2 fully saturated rings. The molecule has 6 nitrogen and oxygen atoms in total. The monoisotopic (exact) mass is 280 g/mol. The number of nitrogens with one attached hydrogen (secondary N) is 1. The summed E-state index contributed by atoms with van der Waals surface area (Å²) >= 11 is 0.